The van der Waals surface area contributed by atoms with Crippen molar-refractivity contribution in [1.29, 1.82) is 0 Å². The van der Waals surface area contributed by atoms with Crippen LogP contribution in [0.15, 0.2) is 91.0 Å². The van der Waals surface area contributed by atoms with Gasteiger partial charge in [0.05, 0.1) is 0 Å². The normalized spacial score (nSPS) is 12.5. The topological polar surface area (TPSA) is 55.8 Å². The summed E-state index contributed by atoms with van der Waals surface area (Å²) >= 11 is 0. The maximum Gasteiger partial charge on any atom is 0.410 e. The lowest BCUT2D eigenvalue weighted by Gasteiger charge is -2.43. The first-order valence-electron chi connectivity index (χ1n) is 15.5. The molecule has 0 aromatic heterocycles. The SMILES string of the molecule is CCCCC[C@H](CC=O)N(CCCCO[Si](c1ccccc1)(c1ccccc1)C(C)(C)C)C(=O)OCc1ccccc1. The van der Waals surface area contributed by atoms with Crippen LogP contribution in [0.2, 0.25) is 5.04 Å². The summed E-state index contributed by atoms with van der Waals surface area (Å²) in [7, 11) is -2.61. The summed E-state index contributed by atoms with van der Waals surface area (Å²) in [6.45, 7) is 10.3. The van der Waals surface area contributed by atoms with E-state index in [1.54, 1.807) is 4.90 Å². The van der Waals surface area contributed by atoms with E-state index in [1.807, 2.05) is 30.3 Å². The summed E-state index contributed by atoms with van der Waals surface area (Å²) in [5.74, 6) is 0. The Hall–Kier alpha value is -3.22. The molecule has 0 unspecified atom stereocenters. The van der Waals surface area contributed by atoms with E-state index >= 15 is 0 Å². The van der Waals surface area contributed by atoms with Gasteiger partial charge < -0.3 is 18.9 Å². The predicted octanol–water partition coefficient (Wildman–Crippen LogP) is 7.52. The molecule has 3 rings (SSSR count). The van der Waals surface area contributed by atoms with Gasteiger partial charge in [0.2, 0.25) is 0 Å². The van der Waals surface area contributed by atoms with Gasteiger partial charge in [0.25, 0.3) is 8.32 Å². The second kappa shape index (κ2) is 17.0. The number of carbonyl (C=O) groups is 2. The first kappa shape index (κ1) is 33.3. The Morgan fingerprint density at radius 2 is 1.40 bits per heavy atom. The van der Waals surface area contributed by atoms with Gasteiger partial charge in [0.15, 0.2) is 0 Å². The molecule has 0 saturated heterocycles. The zero-order valence-electron chi connectivity index (χ0n) is 26.0. The van der Waals surface area contributed by atoms with E-state index in [0.717, 1.165) is 50.4 Å². The minimum absolute atomic E-state index is 0.0860. The molecular formula is C36H49NO4Si. The van der Waals surface area contributed by atoms with E-state index in [9.17, 15) is 9.59 Å². The second-order valence-corrected chi connectivity index (χ2v) is 16.3. The molecule has 0 spiro atoms. The lowest BCUT2D eigenvalue weighted by molar-refractivity contribution is -0.108. The molecule has 42 heavy (non-hydrogen) atoms. The van der Waals surface area contributed by atoms with Gasteiger partial charge >= 0.3 is 6.09 Å². The Bertz CT molecular complexity index is 1140. The quantitative estimate of drug-likeness (QED) is 0.0931. The van der Waals surface area contributed by atoms with Gasteiger partial charge in [0.1, 0.15) is 12.9 Å². The molecular weight excluding hydrogens is 538 g/mol. The molecule has 226 valence electrons. The Morgan fingerprint density at radius 3 is 1.93 bits per heavy atom. The average Bonchev–Trinajstić information content (AvgIpc) is 3.00. The summed E-state index contributed by atoms with van der Waals surface area (Å²) in [6, 6.07) is 30.9. The molecule has 0 radical (unpaired) electrons. The molecule has 0 N–H and O–H groups in total. The predicted molar refractivity (Wildman–Crippen MR) is 175 cm³/mol. The summed E-state index contributed by atoms with van der Waals surface area (Å²) in [5.41, 5.74) is 0.947. The standard InChI is InChI=1S/C36H49NO4Si/c1-5-6-10-21-32(26-28-38)37(35(39)40-30-31-19-11-7-12-20-31)27-17-18-29-41-42(36(2,3)4,33-22-13-8-14-23-33)34-24-15-9-16-25-34/h7-9,11-16,19-20,22-25,28,32H,5-6,10,17-18,21,26-27,29-30H2,1-4H3/t32-/m1/s1. The first-order valence-corrected chi connectivity index (χ1v) is 17.4. The highest BCUT2D eigenvalue weighted by molar-refractivity contribution is 6.99. The van der Waals surface area contributed by atoms with E-state index in [-0.39, 0.29) is 23.8 Å². The number of ether oxygens (including phenoxy) is 1. The largest absolute Gasteiger partial charge is 0.445 e. The Morgan fingerprint density at radius 1 is 0.833 bits per heavy atom. The van der Waals surface area contributed by atoms with E-state index in [0.29, 0.717) is 19.6 Å². The van der Waals surface area contributed by atoms with Gasteiger partial charge in [-0.25, -0.2) is 4.79 Å². The third-order valence-corrected chi connectivity index (χ3v) is 13.0. The molecule has 0 heterocycles. The number of nitrogens with zero attached hydrogens (tertiary/aromatic N) is 1. The molecule has 0 aliphatic heterocycles. The molecule has 1 amide bonds. The lowest BCUT2D eigenvalue weighted by Crippen LogP contribution is -2.66. The number of unbranched alkanes of at least 4 members (excludes halogenated alkanes) is 3. The van der Waals surface area contributed by atoms with Crippen molar-refractivity contribution in [1.82, 2.24) is 4.90 Å². The molecule has 3 aromatic rings. The molecule has 0 aliphatic carbocycles. The van der Waals surface area contributed by atoms with Crippen molar-refractivity contribution >= 4 is 31.1 Å². The van der Waals surface area contributed by atoms with Crippen LogP contribution in [-0.4, -0.2) is 44.8 Å². The number of benzene rings is 3. The van der Waals surface area contributed by atoms with Crippen molar-refractivity contribution in [2.24, 2.45) is 0 Å². The monoisotopic (exact) mass is 587 g/mol. The number of carbonyl (C=O) groups excluding carboxylic acids is 2. The molecule has 0 saturated carbocycles. The van der Waals surface area contributed by atoms with Crippen LogP contribution < -0.4 is 10.4 Å². The van der Waals surface area contributed by atoms with Crippen LogP contribution in [0.4, 0.5) is 4.79 Å². The number of hydrogen-bond acceptors (Lipinski definition) is 4. The van der Waals surface area contributed by atoms with Crippen LogP contribution >= 0.6 is 0 Å². The van der Waals surface area contributed by atoms with Gasteiger partial charge in [0, 0.05) is 25.6 Å². The third kappa shape index (κ3) is 9.14. The number of rotatable bonds is 17. The minimum Gasteiger partial charge on any atom is -0.445 e. The third-order valence-electron chi connectivity index (χ3n) is 7.92. The molecule has 1 atom stereocenters. The van der Waals surface area contributed by atoms with Gasteiger partial charge in [-0.15, -0.1) is 0 Å². The molecule has 3 aromatic carbocycles. The van der Waals surface area contributed by atoms with Gasteiger partial charge in [-0.3, -0.25) is 0 Å². The van der Waals surface area contributed by atoms with Crippen molar-refractivity contribution < 1.29 is 18.8 Å². The van der Waals surface area contributed by atoms with E-state index in [2.05, 4.69) is 88.4 Å². The van der Waals surface area contributed by atoms with Crippen LogP contribution in [0.25, 0.3) is 0 Å². The van der Waals surface area contributed by atoms with Crippen molar-refractivity contribution in [2.45, 2.75) is 90.3 Å². The van der Waals surface area contributed by atoms with Gasteiger partial charge in [-0.1, -0.05) is 138 Å². The smallest absolute Gasteiger partial charge is 0.410 e. The highest BCUT2D eigenvalue weighted by Crippen LogP contribution is 2.36. The number of hydrogen-bond donors (Lipinski definition) is 0. The first-order chi connectivity index (χ1) is 20.3. The zero-order chi connectivity index (χ0) is 30.3. The molecule has 0 fully saturated rings. The van der Waals surface area contributed by atoms with E-state index in [4.69, 9.17) is 9.16 Å². The maximum atomic E-state index is 13.4. The summed E-state index contributed by atoms with van der Waals surface area (Å²) in [6.07, 6.45) is 6.41. The lowest BCUT2D eigenvalue weighted by atomic mass is 10.0. The van der Waals surface area contributed by atoms with Gasteiger partial charge in [-0.05, 0) is 40.2 Å². The van der Waals surface area contributed by atoms with E-state index < -0.39 is 8.32 Å². The summed E-state index contributed by atoms with van der Waals surface area (Å²) in [4.78, 5) is 26.8. The van der Waals surface area contributed by atoms with Crippen molar-refractivity contribution in [3.63, 3.8) is 0 Å². The fourth-order valence-electron chi connectivity index (χ4n) is 5.74. The van der Waals surface area contributed by atoms with Crippen molar-refractivity contribution in [2.75, 3.05) is 13.2 Å². The van der Waals surface area contributed by atoms with E-state index in [1.165, 1.54) is 10.4 Å². The average molecular weight is 588 g/mol. The summed E-state index contributed by atoms with van der Waals surface area (Å²) in [5, 5.41) is 2.44. The molecule has 0 bridgehead atoms. The van der Waals surface area contributed by atoms with Crippen LogP contribution in [0.5, 0.6) is 0 Å². The molecule has 6 heteroatoms. The Balaban J connectivity index is 1.73. The van der Waals surface area contributed by atoms with Crippen LogP contribution in [0, 0.1) is 0 Å². The molecule has 0 aliphatic rings. The Labute approximate surface area is 254 Å². The highest BCUT2D eigenvalue weighted by atomic mass is 28.4. The van der Waals surface area contributed by atoms with Gasteiger partial charge in [-0.2, -0.15) is 0 Å². The maximum absolute atomic E-state index is 13.4. The van der Waals surface area contributed by atoms with Crippen molar-refractivity contribution in [3.05, 3.63) is 96.6 Å². The van der Waals surface area contributed by atoms with Crippen molar-refractivity contribution in [3.8, 4) is 0 Å². The zero-order valence-corrected chi connectivity index (χ0v) is 27.0. The van der Waals surface area contributed by atoms with Crippen LogP contribution in [-0.2, 0) is 20.6 Å². The highest BCUT2D eigenvalue weighted by Gasteiger charge is 2.49. The Kier molecular flexibility index (Phi) is 13.5. The summed E-state index contributed by atoms with van der Waals surface area (Å²) < 4.78 is 12.8. The fraction of sp³-hybridized carbons (Fsp3) is 0.444. The number of amides is 1. The van der Waals surface area contributed by atoms with Crippen LogP contribution in [0.1, 0.15) is 78.2 Å². The molecule has 5 nitrogen and oxygen atoms in total. The minimum atomic E-state index is -2.61. The number of aldehydes is 1. The van der Waals surface area contributed by atoms with Crippen LogP contribution in [0.3, 0.4) is 0 Å². The second-order valence-electron chi connectivity index (χ2n) is 12.0. The fourth-order valence-corrected chi connectivity index (χ4v) is 10.3.